The van der Waals surface area contributed by atoms with E-state index in [9.17, 15) is 0 Å². The summed E-state index contributed by atoms with van der Waals surface area (Å²) < 4.78 is 5.28. The summed E-state index contributed by atoms with van der Waals surface area (Å²) in [6, 6.07) is 6.39. The van der Waals surface area contributed by atoms with Gasteiger partial charge in [-0.05, 0) is 50.0 Å². The number of methoxy groups -OCH3 is 1. The smallest absolute Gasteiger partial charge is 0.121 e. The molecule has 0 aromatic heterocycles. The zero-order chi connectivity index (χ0) is 13.5. The molecule has 1 aliphatic heterocycles. The molecular weight excluding hydrogens is 236 g/mol. The minimum absolute atomic E-state index is 0.943. The molecule has 19 heavy (non-hydrogen) atoms. The Balaban J connectivity index is 1.69. The Bertz CT molecular complexity index is 386. The fourth-order valence-electron chi connectivity index (χ4n) is 2.70. The molecular formula is C16H26N2O. The van der Waals surface area contributed by atoms with Crippen molar-refractivity contribution in [2.75, 3.05) is 33.3 Å². The average Bonchev–Trinajstić information content (AvgIpc) is 2.45. The molecule has 1 N–H and O–H groups in total. The Hall–Kier alpha value is -1.06. The molecule has 0 unspecified atom stereocenters. The average molecular weight is 262 g/mol. The second-order valence-electron chi connectivity index (χ2n) is 5.38. The van der Waals surface area contributed by atoms with Crippen molar-refractivity contribution in [3.05, 3.63) is 29.3 Å². The van der Waals surface area contributed by atoms with Crippen molar-refractivity contribution >= 4 is 0 Å². The molecule has 2 rings (SSSR count). The molecule has 3 heteroatoms. The molecule has 1 fully saturated rings. The lowest BCUT2D eigenvalue weighted by molar-refractivity contribution is 0.229. The molecule has 1 aliphatic rings. The summed E-state index contributed by atoms with van der Waals surface area (Å²) in [6.45, 7) is 7.85. The largest absolute Gasteiger partial charge is 0.496 e. The van der Waals surface area contributed by atoms with Crippen LogP contribution < -0.4 is 10.1 Å². The number of hydrogen-bond acceptors (Lipinski definition) is 3. The van der Waals surface area contributed by atoms with Crippen LogP contribution in [0.3, 0.4) is 0 Å². The standard InChI is InChI=1S/C16H26N2O/c1-14-12-15(6-7-16(14)19-2)13-17-8-11-18-9-4-3-5-10-18/h6-7,12,17H,3-5,8-11,13H2,1-2H3. The van der Waals surface area contributed by atoms with Crippen molar-refractivity contribution in [1.29, 1.82) is 0 Å². The Kier molecular flexibility index (Phi) is 5.67. The molecule has 106 valence electrons. The predicted molar refractivity (Wildman–Crippen MR) is 79.7 cm³/mol. The predicted octanol–water partition coefficient (Wildman–Crippen LogP) is 2.58. The van der Waals surface area contributed by atoms with Gasteiger partial charge in [0, 0.05) is 19.6 Å². The zero-order valence-electron chi connectivity index (χ0n) is 12.2. The van der Waals surface area contributed by atoms with Crippen LogP contribution in [0.5, 0.6) is 5.75 Å². The SMILES string of the molecule is COc1ccc(CNCCN2CCCCC2)cc1C. The van der Waals surface area contributed by atoms with Gasteiger partial charge in [0.05, 0.1) is 7.11 Å². The monoisotopic (exact) mass is 262 g/mol. The third-order valence-corrected chi connectivity index (χ3v) is 3.84. The first-order valence-electron chi connectivity index (χ1n) is 7.36. The fourth-order valence-corrected chi connectivity index (χ4v) is 2.70. The van der Waals surface area contributed by atoms with Crippen LogP contribution in [0.4, 0.5) is 0 Å². The molecule has 1 saturated heterocycles. The summed E-state index contributed by atoms with van der Waals surface area (Å²) >= 11 is 0. The van der Waals surface area contributed by atoms with E-state index in [1.807, 2.05) is 0 Å². The first-order valence-corrected chi connectivity index (χ1v) is 7.36. The number of likely N-dealkylation sites (tertiary alicyclic amines) is 1. The molecule has 1 heterocycles. The molecule has 0 spiro atoms. The van der Waals surface area contributed by atoms with E-state index in [1.165, 1.54) is 50.0 Å². The molecule has 1 aromatic carbocycles. The lowest BCUT2D eigenvalue weighted by Crippen LogP contribution is -2.35. The van der Waals surface area contributed by atoms with Crippen LogP contribution in [0.1, 0.15) is 30.4 Å². The van der Waals surface area contributed by atoms with Gasteiger partial charge in [0.25, 0.3) is 0 Å². The number of piperidine rings is 1. The summed E-state index contributed by atoms with van der Waals surface area (Å²) in [4.78, 5) is 2.57. The van der Waals surface area contributed by atoms with E-state index in [-0.39, 0.29) is 0 Å². The van der Waals surface area contributed by atoms with E-state index >= 15 is 0 Å². The second kappa shape index (κ2) is 7.51. The molecule has 0 radical (unpaired) electrons. The zero-order valence-corrected chi connectivity index (χ0v) is 12.2. The van der Waals surface area contributed by atoms with Crippen molar-refractivity contribution in [1.82, 2.24) is 10.2 Å². The van der Waals surface area contributed by atoms with Crippen LogP contribution in [0.25, 0.3) is 0 Å². The minimum atomic E-state index is 0.943. The van der Waals surface area contributed by atoms with Gasteiger partial charge < -0.3 is 15.0 Å². The molecule has 1 aromatic rings. The van der Waals surface area contributed by atoms with E-state index < -0.39 is 0 Å². The van der Waals surface area contributed by atoms with E-state index in [2.05, 4.69) is 35.3 Å². The summed E-state index contributed by atoms with van der Waals surface area (Å²) in [5, 5.41) is 3.53. The summed E-state index contributed by atoms with van der Waals surface area (Å²) in [5.41, 5.74) is 2.54. The topological polar surface area (TPSA) is 24.5 Å². The van der Waals surface area contributed by atoms with Crippen LogP contribution in [0.15, 0.2) is 18.2 Å². The van der Waals surface area contributed by atoms with Crippen molar-refractivity contribution in [2.45, 2.75) is 32.7 Å². The van der Waals surface area contributed by atoms with Crippen molar-refractivity contribution in [3.63, 3.8) is 0 Å². The van der Waals surface area contributed by atoms with Gasteiger partial charge in [0.1, 0.15) is 5.75 Å². The van der Waals surface area contributed by atoms with Gasteiger partial charge in [-0.1, -0.05) is 18.6 Å². The quantitative estimate of drug-likeness (QED) is 0.798. The lowest BCUT2D eigenvalue weighted by atomic mass is 10.1. The van der Waals surface area contributed by atoms with Gasteiger partial charge in [0.15, 0.2) is 0 Å². The van der Waals surface area contributed by atoms with Crippen molar-refractivity contribution in [2.24, 2.45) is 0 Å². The highest BCUT2D eigenvalue weighted by Crippen LogP contribution is 2.18. The molecule has 0 amide bonds. The number of nitrogens with zero attached hydrogens (tertiary/aromatic N) is 1. The number of rotatable bonds is 6. The van der Waals surface area contributed by atoms with Crippen molar-refractivity contribution in [3.8, 4) is 5.75 Å². The fraction of sp³-hybridized carbons (Fsp3) is 0.625. The normalized spacial score (nSPS) is 16.5. The Morgan fingerprint density at radius 2 is 2.00 bits per heavy atom. The van der Waals surface area contributed by atoms with Gasteiger partial charge >= 0.3 is 0 Å². The number of aryl methyl sites for hydroxylation is 1. The van der Waals surface area contributed by atoms with Gasteiger partial charge in [-0.2, -0.15) is 0 Å². The number of benzene rings is 1. The van der Waals surface area contributed by atoms with Gasteiger partial charge in [0.2, 0.25) is 0 Å². The molecule has 0 atom stereocenters. The van der Waals surface area contributed by atoms with Crippen LogP contribution in [0.2, 0.25) is 0 Å². The minimum Gasteiger partial charge on any atom is -0.496 e. The Labute approximate surface area is 116 Å². The van der Waals surface area contributed by atoms with Crippen LogP contribution >= 0.6 is 0 Å². The maximum atomic E-state index is 5.28. The van der Waals surface area contributed by atoms with Gasteiger partial charge in [-0.3, -0.25) is 0 Å². The number of nitrogens with one attached hydrogen (secondary N) is 1. The lowest BCUT2D eigenvalue weighted by Gasteiger charge is -2.26. The first-order chi connectivity index (χ1) is 9.29. The van der Waals surface area contributed by atoms with Gasteiger partial charge in [-0.15, -0.1) is 0 Å². The van der Waals surface area contributed by atoms with Gasteiger partial charge in [-0.25, -0.2) is 0 Å². The highest BCUT2D eigenvalue weighted by atomic mass is 16.5. The maximum Gasteiger partial charge on any atom is 0.121 e. The third kappa shape index (κ3) is 4.51. The van der Waals surface area contributed by atoms with E-state index in [0.29, 0.717) is 0 Å². The summed E-state index contributed by atoms with van der Waals surface area (Å²) in [6.07, 6.45) is 4.16. The maximum absolute atomic E-state index is 5.28. The van der Waals surface area contributed by atoms with Crippen LogP contribution in [-0.2, 0) is 6.54 Å². The summed E-state index contributed by atoms with van der Waals surface area (Å²) in [7, 11) is 1.72. The molecule has 0 bridgehead atoms. The molecule has 3 nitrogen and oxygen atoms in total. The third-order valence-electron chi connectivity index (χ3n) is 3.84. The highest BCUT2D eigenvalue weighted by molar-refractivity contribution is 5.36. The van der Waals surface area contributed by atoms with Crippen LogP contribution in [-0.4, -0.2) is 38.2 Å². The number of hydrogen-bond donors (Lipinski definition) is 1. The number of ether oxygens (including phenoxy) is 1. The second-order valence-corrected chi connectivity index (χ2v) is 5.38. The molecule has 0 saturated carbocycles. The van der Waals surface area contributed by atoms with E-state index in [0.717, 1.165) is 18.8 Å². The van der Waals surface area contributed by atoms with E-state index in [1.54, 1.807) is 7.11 Å². The van der Waals surface area contributed by atoms with E-state index in [4.69, 9.17) is 4.74 Å². The highest BCUT2D eigenvalue weighted by Gasteiger charge is 2.08. The Morgan fingerprint density at radius 3 is 2.68 bits per heavy atom. The Morgan fingerprint density at radius 1 is 1.21 bits per heavy atom. The summed E-state index contributed by atoms with van der Waals surface area (Å²) in [5.74, 6) is 0.970. The molecule has 0 aliphatic carbocycles. The first kappa shape index (κ1) is 14.4. The van der Waals surface area contributed by atoms with Crippen LogP contribution in [0, 0.1) is 6.92 Å². The van der Waals surface area contributed by atoms with Crippen molar-refractivity contribution < 1.29 is 4.74 Å².